The van der Waals surface area contributed by atoms with Crippen molar-refractivity contribution < 1.29 is 4.79 Å². The molecule has 2 aromatic rings. The first kappa shape index (κ1) is 14.3. The third kappa shape index (κ3) is 2.47. The van der Waals surface area contributed by atoms with Crippen molar-refractivity contribution >= 4 is 23.9 Å². The first-order chi connectivity index (χ1) is 9.29. The first-order valence-corrected chi connectivity index (χ1v) is 6.38. The number of hydrogen-bond acceptors (Lipinski definition) is 2. The fraction of sp³-hybridized carbons (Fsp3) is 0.200. The van der Waals surface area contributed by atoms with Gasteiger partial charge >= 0.3 is 0 Å². The summed E-state index contributed by atoms with van der Waals surface area (Å²) >= 11 is 0. The maximum Gasteiger partial charge on any atom is 0.247 e. The zero-order valence-electron chi connectivity index (χ0n) is 11.2. The molecule has 5 heteroatoms. The minimum atomic E-state index is 0. The van der Waals surface area contributed by atoms with Gasteiger partial charge in [0, 0.05) is 30.2 Å². The van der Waals surface area contributed by atoms with Gasteiger partial charge in [0.1, 0.15) is 0 Å². The van der Waals surface area contributed by atoms with E-state index < -0.39 is 0 Å². The number of carbonyl (C=O) groups excluding carboxylic acids is 1. The smallest absolute Gasteiger partial charge is 0.247 e. The summed E-state index contributed by atoms with van der Waals surface area (Å²) in [4.78, 5) is 15.7. The highest BCUT2D eigenvalue weighted by molar-refractivity contribution is 6.06. The quantitative estimate of drug-likeness (QED) is 0.944. The van der Waals surface area contributed by atoms with Crippen LogP contribution in [-0.4, -0.2) is 22.0 Å². The number of rotatable bonds is 3. The molecular weight excluding hydrogens is 274 g/mol. The first-order valence-electron chi connectivity index (χ1n) is 6.38. The number of hydrogen-bond donors (Lipinski definition) is 1. The van der Waals surface area contributed by atoms with Gasteiger partial charge in [-0.15, -0.1) is 12.4 Å². The van der Waals surface area contributed by atoms with E-state index in [9.17, 15) is 4.79 Å². The summed E-state index contributed by atoms with van der Waals surface area (Å²) in [6.45, 7) is 2.65. The zero-order chi connectivity index (χ0) is 13.2. The van der Waals surface area contributed by atoms with Gasteiger partial charge in [-0.2, -0.15) is 0 Å². The van der Waals surface area contributed by atoms with Gasteiger partial charge in [0.15, 0.2) is 0 Å². The lowest BCUT2D eigenvalue weighted by atomic mass is 10.0. The molecule has 0 saturated carbocycles. The lowest BCUT2D eigenvalue weighted by Gasteiger charge is -2.06. The van der Waals surface area contributed by atoms with Crippen LogP contribution in [0.15, 0.2) is 48.6 Å². The highest BCUT2D eigenvalue weighted by Gasteiger charge is 2.21. The second kappa shape index (κ2) is 5.92. The van der Waals surface area contributed by atoms with Crippen molar-refractivity contribution in [2.75, 3.05) is 6.54 Å². The third-order valence-electron chi connectivity index (χ3n) is 3.44. The summed E-state index contributed by atoms with van der Waals surface area (Å²) in [5.41, 5.74) is 4.19. The van der Waals surface area contributed by atoms with Crippen LogP contribution in [0.4, 0.5) is 0 Å². The molecule has 0 saturated heterocycles. The minimum Gasteiger partial charge on any atom is -0.348 e. The van der Waals surface area contributed by atoms with Gasteiger partial charge in [-0.25, -0.2) is 4.98 Å². The fourth-order valence-electron chi connectivity index (χ4n) is 2.42. The highest BCUT2D eigenvalue weighted by Crippen LogP contribution is 2.25. The monoisotopic (exact) mass is 289 g/mol. The van der Waals surface area contributed by atoms with E-state index in [1.165, 1.54) is 0 Å². The van der Waals surface area contributed by atoms with Gasteiger partial charge in [-0.05, 0) is 29.7 Å². The van der Waals surface area contributed by atoms with Crippen LogP contribution >= 0.6 is 12.4 Å². The molecular formula is C15H16ClN3O. The number of halogens is 1. The SMILES string of the molecule is CCC1=C(c2ccc(-n3ccnc3)cc2)CNC1=O.Cl. The molecule has 0 spiro atoms. The number of imidazole rings is 1. The van der Waals surface area contributed by atoms with E-state index >= 15 is 0 Å². The topological polar surface area (TPSA) is 46.9 Å². The molecule has 104 valence electrons. The largest absolute Gasteiger partial charge is 0.348 e. The number of aromatic nitrogens is 2. The number of benzene rings is 1. The van der Waals surface area contributed by atoms with Gasteiger partial charge in [0.2, 0.25) is 5.91 Å². The molecule has 1 aliphatic heterocycles. The van der Waals surface area contributed by atoms with Gasteiger partial charge in [0.25, 0.3) is 0 Å². The molecule has 1 aromatic heterocycles. The van der Waals surface area contributed by atoms with Gasteiger partial charge < -0.3 is 9.88 Å². The average Bonchev–Trinajstić information content (AvgIpc) is 3.08. The van der Waals surface area contributed by atoms with Crippen LogP contribution in [-0.2, 0) is 4.79 Å². The molecule has 0 aliphatic carbocycles. The summed E-state index contributed by atoms with van der Waals surface area (Å²) in [6, 6.07) is 8.20. The molecule has 1 aromatic carbocycles. The molecule has 2 heterocycles. The minimum absolute atomic E-state index is 0. The Hall–Kier alpha value is -2.07. The maximum absolute atomic E-state index is 11.7. The van der Waals surface area contributed by atoms with Crippen LogP contribution in [0.25, 0.3) is 11.3 Å². The number of nitrogens with one attached hydrogen (secondary N) is 1. The summed E-state index contributed by atoms with van der Waals surface area (Å²) in [5.74, 6) is 0.0659. The Labute approximate surface area is 123 Å². The third-order valence-corrected chi connectivity index (χ3v) is 3.44. The average molecular weight is 290 g/mol. The summed E-state index contributed by atoms with van der Waals surface area (Å²) in [7, 11) is 0. The molecule has 1 aliphatic rings. The molecule has 0 fully saturated rings. The van der Waals surface area contributed by atoms with Crippen molar-refractivity contribution in [3.63, 3.8) is 0 Å². The maximum atomic E-state index is 11.7. The van der Waals surface area contributed by atoms with Crippen LogP contribution in [0.5, 0.6) is 0 Å². The van der Waals surface area contributed by atoms with Crippen molar-refractivity contribution in [1.29, 1.82) is 0 Å². The highest BCUT2D eigenvalue weighted by atomic mass is 35.5. The van der Waals surface area contributed by atoms with E-state index in [1.54, 1.807) is 12.5 Å². The number of amides is 1. The van der Waals surface area contributed by atoms with E-state index in [2.05, 4.69) is 22.4 Å². The van der Waals surface area contributed by atoms with E-state index in [1.807, 2.05) is 29.8 Å². The molecule has 4 nitrogen and oxygen atoms in total. The Morgan fingerprint density at radius 3 is 2.65 bits per heavy atom. The van der Waals surface area contributed by atoms with Gasteiger partial charge in [0.05, 0.1) is 6.33 Å². The standard InChI is InChI=1S/C15H15N3O.ClH/c1-2-13-14(9-17-15(13)19)11-3-5-12(6-4-11)18-8-7-16-10-18;/h3-8,10H,2,9H2,1H3,(H,17,19);1H. The normalized spacial score (nSPS) is 14.2. The molecule has 20 heavy (non-hydrogen) atoms. The summed E-state index contributed by atoms with van der Waals surface area (Å²) < 4.78 is 1.96. The van der Waals surface area contributed by atoms with E-state index in [0.29, 0.717) is 6.54 Å². The second-order valence-electron chi connectivity index (χ2n) is 4.51. The van der Waals surface area contributed by atoms with Gasteiger partial charge in [-0.3, -0.25) is 4.79 Å². The summed E-state index contributed by atoms with van der Waals surface area (Å²) in [5, 5.41) is 2.88. The van der Waals surface area contributed by atoms with Crippen LogP contribution in [0.1, 0.15) is 18.9 Å². The van der Waals surface area contributed by atoms with Crippen molar-refractivity contribution in [3.8, 4) is 5.69 Å². The Kier molecular flexibility index (Phi) is 4.25. The molecule has 0 bridgehead atoms. The Morgan fingerprint density at radius 2 is 2.05 bits per heavy atom. The number of nitrogens with zero attached hydrogens (tertiary/aromatic N) is 2. The molecule has 1 N–H and O–H groups in total. The Balaban J connectivity index is 0.00000147. The fourth-order valence-corrected chi connectivity index (χ4v) is 2.42. The van der Waals surface area contributed by atoms with E-state index in [-0.39, 0.29) is 18.3 Å². The lowest BCUT2D eigenvalue weighted by Crippen LogP contribution is -2.17. The zero-order valence-corrected chi connectivity index (χ0v) is 12.0. The molecule has 0 atom stereocenters. The molecule has 0 radical (unpaired) electrons. The number of carbonyl (C=O) groups is 1. The van der Waals surface area contributed by atoms with Crippen molar-refractivity contribution in [2.45, 2.75) is 13.3 Å². The molecule has 3 rings (SSSR count). The second-order valence-corrected chi connectivity index (χ2v) is 4.51. The van der Waals surface area contributed by atoms with E-state index in [0.717, 1.165) is 28.8 Å². The Morgan fingerprint density at radius 1 is 1.30 bits per heavy atom. The molecule has 1 amide bonds. The van der Waals surface area contributed by atoms with Crippen molar-refractivity contribution in [2.24, 2.45) is 0 Å². The lowest BCUT2D eigenvalue weighted by molar-refractivity contribution is -0.116. The molecule has 0 unspecified atom stereocenters. The van der Waals surface area contributed by atoms with Crippen LogP contribution in [0, 0.1) is 0 Å². The van der Waals surface area contributed by atoms with E-state index in [4.69, 9.17) is 0 Å². The Bertz CT molecular complexity index is 630. The van der Waals surface area contributed by atoms with Gasteiger partial charge in [-0.1, -0.05) is 19.1 Å². The van der Waals surface area contributed by atoms with Crippen molar-refractivity contribution in [1.82, 2.24) is 14.9 Å². The van der Waals surface area contributed by atoms with Crippen LogP contribution in [0.2, 0.25) is 0 Å². The predicted molar refractivity (Wildman–Crippen MR) is 81.0 cm³/mol. The van der Waals surface area contributed by atoms with Crippen LogP contribution < -0.4 is 5.32 Å². The summed E-state index contributed by atoms with van der Waals surface area (Å²) in [6.07, 6.45) is 6.20. The van der Waals surface area contributed by atoms with Crippen molar-refractivity contribution in [3.05, 3.63) is 54.1 Å². The predicted octanol–water partition coefficient (Wildman–Crippen LogP) is 2.59. The van der Waals surface area contributed by atoms with Crippen LogP contribution in [0.3, 0.4) is 0 Å².